The standard InChI is InChI=1S/C9H11BrN2O3S/c1-15-9-7(10)4-5-8(11-9)12-16(13,14)6-2-3-6/h4-6H,2-3H2,1H3,(H,11,12). The molecule has 2 rings (SSSR count). The van der Waals surface area contributed by atoms with Gasteiger partial charge in [-0.3, -0.25) is 4.72 Å². The highest BCUT2D eigenvalue weighted by Crippen LogP contribution is 2.30. The Balaban J connectivity index is 2.21. The summed E-state index contributed by atoms with van der Waals surface area (Å²) in [6, 6.07) is 3.28. The van der Waals surface area contributed by atoms with Crippen molar-refractivity contribution in [2.24, 2.45) is 0 Å². The zero-order valence-corrected chi connectivity index (χ0v) is 11.0. The van der Waals surface area contributed by atoms with Gasteiger partial charge in [0, 0.05) is 0 Å². The number of hydrogen-bond donors (Lipinski definition) is 1. The Morgan fingerprint density at radius 1 is 1.50 bits per heavy atom. The van der Waals surface area contributed by atoms with Gasteiger partial charge in [-0.2, -0.15) is 4.98 Å². The number of hydrogen-bond acceptors (Lipinski definition) is 4. The number of sulfonamides is 1. The van der Waals surface area contributed by atoms with Crippen molar-refractivity contribution in [1.29, 1.82) is 0 Å². The van der Waals surface area contributed by atoms with E-state index in [9.17, 15) is 8.42 Å². The minimum atomic E-state index is -3.26. The molecule has 1 saturated carbocycles. The van der Waals surface area contributed by atoms with Gasteiger partial charge in [-0.05, 0) is 40.9 Å². The molecule has 0 spiro atoms. The Kier molecular flexibility index (Phi) is 3.07. The van der Waals surface area contributed by atoms with Crippen LogP contribution in [0.25, 0.3) is 0 Å². The second-order valence-corrected chi connectivity index (χ2v) is 6.35. The molecule has 0 aliphatic heterocycles. The zero-order chi connectivity index (χ0) is 11.8. The number of nitrogens with one attached hydrogen (secondary N) is 1. The molecule has 0 radical (unpaired) electrons. The fourth-order valence-corrected chi connectivity index (χ4v) is 2.94. The molecule has 88 valence electrons. The van der Waals surface area contributed by atoms with Crippen LogP contribution < -0.4 is 9.46 Å². The van der Waals surface area contributed by atoms with Gasteiger partial charge in [0.2, 0.25) is 15.9 Å². The SMILES string of the molecule is COc1nc(NS(=O)(=O)C2CC2)ccc1Br. The average molecular weight is 307 g/mol. The number of aromatic nitrogens is 1. The second kappa shape index (κ2) is 4.21. The van der Waals surface area contributed by atoms with Crippen molar-refractivity contribution in [3.63, 3.8) is 0 Å². The van der Waals surface area contributed by atoms with E-state index in [-0.39, 0.29) is 11.1 Å². The Bertz CT molecular complexity index is 499. The molecule has 16 heavy (non-hydrogen) atoms. The van der Waals surface area contributed by atoms with E-state index in [2.05, 4.69) is 25.6 Å². The van der Waals surface area contributed by atoms with E-state index in [1.807, 2.05) is 0 Å². The first kappa shape index (κ1) is 11.7. The second-order valence-electron chi connectivity index (χ2n) is 3.53. The zero-order valence-electron chi connectivity index (χ0n) is 8.60. The van der Waals surface area contributed by atoms with Gasteiger partial charge in [0.25, 0.3) is 0 Å². The molecule has 1 heterocycles. The van der Waals surface area contributed by atoms with E-state index >= 15 is 0 Å². The average Bonchev–Trinajstić information content (AvgIpc) is 3.04. The van der Waals surface area contributed by atoms with Crippen molar-refractivity contribution >= 4 is 31.8 Å². The van der Waals surface area contributed by atoms with Gasteiger partial charge in [-0.1, -0.05) is 0 Å². The first-order valence-corrected chi connectivity index (χ1v) is 7.09. The lowest BCUT2D eigenvalue weighted by molar-refractivity contribution is 0.396. The highest BCUT2D eigenvalue weighted by Gasteiger charge is 2.36. The first-order valence-electron chi connectivity index (χ1n) is 4.75. The summed E-state index contributed by atoms with van der Waals surface area (Å²) < 4.78 is 31.4. The van der Waals surface area contributed by atoms with Gasteiger partial charge in [-0.15, -0.1) is 0 Å². The van der Waals surface area contributed by atoms with Crippen molar-refractivity contribution in [2.45, 2.75) is 18.1 Å². The summed E-state index contributed by atoms with van der Waals surface area (Å²) in [7, 11) is -1.78. The molecule has 0 saturated heterocycles. The van der Waals surface area contributed by atoms with Crippen molar-refractivity contribution in [3.05, 3.63) is 16.6 Å². The van der Waals surface area contributed by atoms with Crippen LogP contribution in [0.1, 0.15) is 12.8 Å². The molecule has 1 aromatic rings. The highest BCUT2D eigenvalue weighted by molar-refractivity contribution is 9.10. The van der Waals surface area contributed by atoms with Crippen LogP contribution in [-0.4, -0.2) is 25.8 Å². The third kappa shape index (κ3) is 2.46. The van der Waals surface area contributed by atoms with Crippen LogP contribution in [0.15, 0.2) is 16.6 Å². The van der Waals surface area contributed by atoms with Crippen molar-refractivity contribution < 1.29 is 13.2 Å². The van der Waals surface area contributed by atoms with Crippen LogP contribution in [-0.2, 0) is 10.0 Å². The molecule has 7 heteroatoms. The molecule has 1 aromatic heterocycles. The Hall–Kier alpha value is -0.820. The maximum Gasteiger partial charge on any atom is 0.236 e. The van der Waals surface area contributed by atoms with E-state index in [4.69, 9.17) is 4.74 Å². The van der Waals surface area contributed by atoms with Gasteiger partial charge in [0.15, 0.2) is 0 Å². The van der Waals surface area contributed by atoms with E-state index < -0.39 is 10.0 Å². The lowest BCUT2D eigenvalue weighted by Crippen LogP contribution is -2.18. The number of anilines is 1. The summed E-state index contributed by atoms with van der Waals surface area (Å²) in [4.78, 5) is 4.03. The van der Waals surface area contributed by atoms with E-state index in [0.29, 0.717) is 10.4 Å². The molecule has 0 bridgehead atoms. The largest absolute Gasteiger partial charge is 0.480 e. The Labute approximate surface area is 102 Å². The predicted molar refractivity (Wildman–Crippen MR) is 64.1 cm³/mol. The number of pyridine rings is 1. The van der Waals surface area contributed by atoms with Gasteiger partial charge >= 0.3 is 0 Å². The summed E-state index contributed by atoms with van der Waals surface area (Å²) >= 11 is 3.25. The van der Waals surface area contributed by atoms with Crippen LogP contribution in [0.3, 0.4) is 0 Å². The molecular weight excluding hydrogens is 296 g/mol. The van der Waals surface area contributed by atoms with Crippen LogP contribution in [0, 0.1) is 0 Å². The Morgan fingerprint density at radius 2 is 2.19 bits per heavy atom. The number of nitrogens with zero attached hydrogens (tertiary/aromatic N) is 1. The third-order valence-corrected chi connectivity index (χ3v) is 4.66. The van der Waals surface area contributed by atoms with Gasteiger partial charge in [-0.25, -0.2) is 8.42 Å². The summed E-state index contributed by atoms with van der Waals surface area (Å²) in [6.45, 7) is 0. The fourth-order valence-electron chi connectivity index (χ4n) is 1.23. The molecule has 0 atom stereocenters. The fraction of sp³-hybridized carbons (Fsp3) is 0.444. The van der Waals surface area contributed by atoms with Crippen molar-refractivity contribution in [3.8, 4) is 5.88 Å². The third-order valence-electron chi connectivity index (χ3n) is 2.22. The molecule has 1 fully saturated rings. The van der Waals surface area contributed by atoms with Crippen LogP contribution in [0.2, 0.25) is 0 Å². The molecule has 0 unspecified atom stereocenters. The van der Waals surface area contributed by atoms with Gasteiger partial charge < -0.3 is 4.74 Å². The quantitative estimate of drug-likeness (QED) is 0.920. The highest BCUT2D eigenvalue weighted by atomic mass is 79.9. The molecule has 1 aliphatic rings. The maximum absolute atomic E-state index is 11.6. The van der Waals surface area contributed by atoms with Crippen molar-refractivity contribution in [2.75, 3.05) is 11.8 Å². The minimum absolute atomic E-state index is 0.260. The monoisotopic (exact) mass is 306 g/mol. The molecule has 5 nitrogen and oxygen atoms in total. The van der Waals surface area contributed by atoms with Gasteiger partial charge in [0.1, 0.15) is 5.82 Å². The lowest BCUT2D eigenvalue weighted by Gasteiger charge is -2.08. The van der Waals surface area contributed by atoms with E-state index in [0.717, 1.165) is 12.8 Å². The van der Waals surface area contributed by atoms with Crippen LogP contribution >= 0.6 is 15.9 Å². The summed E-state index contributed by atoms with van der Waals surface area (Å²) in [6.07, 6.45) is 1.45. The molecule has 0 amide bonds. The van der Waals surface area contributed by atoms with Crippen molar-refractivity contribution in [1.82, 2.24) is 4.98 Å². The molecular formula is C9H11BrN2O3S. The lowest BCUT2D eigenvalue weighted by atomic mass is 10.4. The topological polar surface area (TPSA) is 68.3 Å². The molecule has 0 aromatic carbocycles. The van der Waals surface area contributed by atoms with Gasteiger partial charge in [0.05, 0.1) is 16.8 Å². The first-order chi connectivity index (χ1) is 7.53. The Morgan fingerprint density at radius 3 is 2.75 bits per heavy atom. The number of halogens is 1. The number of methoxy groups -OCH3 is 1. The van der Waals surface area contributed by atoms with Crippen LogP contribution in [0.5, 0.6) is 5.88 Å². The summed E-state index contributed by atoms with van der Waals surface area (Å²) in [5.74, 6) is 0.642. The van der Waals surface area contributed by atoms with Crippen LogP contribution in [0.4, 0.5) is 5.82 Å². The number of rotatable bonds is 4. The summed E-state index contributed by atoms with van der Waals surface area (Å²) in [5.41, 5.74) is 0. The van der Waals surface area contributed by atoms with E-state index in [1.54, 1.807) is 12.1 Å². The summed E-state index contributed by atoms with van der Waals surface area (Å²) in [5, 5.41) is -0.260. The minimum Gasteiger partial charge on any atom is -0.480 e. The van der Waals surface area contributed by atoms with E-state index in [1.165, 1.54) is 7.11 Å². The predicted octanol–water partition coefficient (Wildman–Crippen LogP) is 1.76. The maximum atomic E-state index is 11.6. The number of ether oxygens (including phenoxy) is 1. The molecule has 1 N–H and O–H groups in total. The molecule has 1 aliphatic carbocycles. The smallest absolute Gasteiger partial charge is 0.236 e. The normalized spacial score (nSPS) is 15.9.